The molecule has 0 N–H and O–H groups in total. The van der Waals surface area contributed by atoms with E-state index in [-0.39, 0.29) is 5.82 Å². The van der Waals surface area contributed by atoms with Crippen molar-refractivity contribution in [1.82, 2.24) is 9.97 Å². The predicted octanol–water partition coefficient (Wildman–Crippen LogP) is 5.00. The van der Waals surface area contributed by atoms with Gasteiger partial charge < -0.3 is 0 Å². The van der Waals surface area contributed by atoms with Crippen molar-refractivity contribution in [3.8, 4) is 0 Å². The van der Waals surface area contributed by atoms with E-state index >= 15 is 0 Å². The van der Waals surface area contributed by atoms with Crippen LogP contribution >= 0.6 is 45.8 Å². The lowest BCUT2D eigenvalue weighted by Crippen LogP contribution is -2.04. The molecule has 2 nitrogen and oxygen atoms in total. The third-order valence-corrected chi connectivity index (χ3v) is 5.22. The molecule has 1 aromatic heterocycles. The molecule has 0 unspecified atom stereocenters. The van der Waals surface area contributed by atoms with Crippen LogP contribution in [-0.4, -0.2) is 9.97 Å². The minimum atomic E-state index is -0.348. The summed E-state index contributed by atoms with van der Waals surface area (Å²) in [5.74, 6) is 0.787. The Bertz CT molecular complexity index is 674. The second kappa shape index (κ2) is 5.73. The Morgan fingerprint density at radius 1 is 1.25 bits per heavy atom. The Kier molecular flexibility index (Phi) is 4.15. The maximum atomic E-state index is 13.0. The van der Waals surface area contributed by atoms with Crippen LogP contribution in [0.25, 0.3) is 0 Å². The quantitative estimate of drug-likeness (QED) is 0.514. The molecule has 0 bridgehead atoms. The van der Waals surface area contributed by atoms with Crippen LogP contribution in [-0.2, 0) is 6.42 Å². The summed E-state index contributed by atoms with van der Waals surface area (Å²) in [6.45, 7) is 0. The zero-order valence-corrected chi connectivity index (χ0v) is 14.0. The van der Waals surface area contributed by atoms with Gasteiger partial charge in [0.2, 0.25) is 0 Å². The van der Waals surface area contributed by atoms with Gasteiger partial charge in [0.05, 0.1) is 9.26 Å². The maximum absolute atomic E-state index is 13.0. The first-order valence-electron chi connectivity index (χ1n) is 6.20. The molecule has 20 heavy (non-hydrogen) atoms. The fourth-order valence-electron chi connectivity index (χ4n) is 2.02. The van der Waals surface area contributed by atoms with E-state index < -0.39 is 0 Å². The summed E-state index contributed by atoms with van der Waals surface area (Å²) >= 11 is 14.4. The lowest BCUT2D eigenvalue weighted by atomic mass is 10.1. The molecule has 1 heterocycles. The molecule has 0 atom stereocenters. The molecule has 0 saturated heterocycles. The molecule has 1 saturated carbocycles. The number of aromatic nitrogens is 2. The highest BCUT2D eigenvalue weighted by molar-refractivity contribution is 14.1. The van der Waals surface area contributed by atoms with Crippen LogP contribution in [0.15, 0.2) is 18.2 Å². The highest BCUT2D eigenvalue weighted by atomic mass is 127. The van der Waals surface area contributed by atoms with Crippen molar-refractivity contribution in [2.45, 2.75) is 25.2 Å². The molecule has 1 aliphatic carbocycles. The highest BCUT2D eigenvalue weighted by Crippen LogP contribution is 2.42. The molecule has 0 aliphatic heterocycles. The first kappa shape index (κ1) is 14.5. The van der Waals surface area contributed by atoms with Crippen LogP contribution in [0.5, 0.6) is 0 Å². The number of nitrogens with zero attached hydrogens (tertiary/aromatic N) is 2. The summed E-state index contributed by atoms with van der Waals surface area (Å²) in [5, 5.41) is 0.868. The molecule has 6 heteroatoms. The zero-order chi connectivity index (χ0) is 14.3. The molecule has 1 fully saturated rings. The SMILES string of the molecule is Fc1ccc(Cc2nc(Cl)c(I)c(C3CC3)n2)c(Cl)c1. The summed E-state index contributed by atoms with van der Waals surface area (Å²) in [6.07, 6.45) is 2.76. The fraction of sp³-hybridized carbons (Fsp3) is 0.286. The van der Waals surface area contributed by atoms with Gasteiger partial charge >= 0.3 is 0 Å². The highest BCUT2D eigenvalue weighted by Gasteiger charge is 2.29. The van der Waals surface area contributed by atoms with Crippen LogP contribution in [0.3, 0.4) is 0 Å². The monoisotopic (exact) mass is 422 g/mol. The second-order valence-corrected chi connectivity index (χ2v) is 6.66. The lowest BCUT2D eigenvalue weighted by Gasteiger charge is -2.08. The maximum Gasteiger partial charge on any atom is 0.146 e. The van der Waals surface area contributed by atoms with Gasteiger partial charge in [-0.05, 0) is 53.1 Å². The number of hydrogen-bond donors (Lipinski definition) is 0. The first-order chi connectivity index (χ1) is 9.54. The third-order valence-electron chi connectivity index (χ3n) is 3.21. The van der Waals surface area contributed by atoms with Gasteiger partial charge in [-0.15, -0.1) is 0 Å². The standard InChI is InChI=1S/C14H10Cl2FIN2/c15-10-6-9(17)4-3-8(10)5-11-19-13(7-1-2-7)12(18)14(16)20-11/h3-4,6-7H,1-2,5H2. The van der Waals surface area contributed by atoms with Crippen molar-refractivity contribution in [1.29, 1.82) is 0 Å². The van der Waals surface area contributed by atoms with Gasteiger partial charge in [-0.25, -0.2) is 14.4 Å². The van der Waals surface area contributed by atoms with Crippen LogP contribution in [0, 0.1) is 9.39 Å². The molecule has 1 aromatic carbocycles. The lowest BCUT2D eigenvalue weighted by molar-refractivity contribution is 0.627. The van der Waals surface area contributed by atoms with Crippen molar-refractivity contribution < 1.29 is 4.39 Å². The molecular weight excluding hydrogens is 413 g/mol. The van der Waals surface area contributed by atoms with Gasteiger partial charge in [-0.2, -0.15) is 0 Å². The summed E-state index contributed by atoms with van der Waals surface area (Å²) in [4.78, 5) is 8.90. The van der Waals surface area contributed by atoms with E-state index in [4.69, 9.17) is 23.2 Å². The van der Waals surface area contributed by atoms with E-state index in [2.05, 4.69) is 32.6 Å². The van der Waals surface area contributed by atoms with Crippen molar-refractivity contribution in [3.63, 3.8) is 0 Å². The molecule has 0 spiro atoms. The van der Waals surface area contributed by atoms with E-state index in [1.807, 2.05) is 0 Å². The third kappa shape index (κ3) is 3.07. The average Bonchev–Trinajstić information content (AvgIpc) is 3.21. The van der Waals surface area contributed by atoms with Crippen LogP contribution in [0.2, 0.25) is 10.2 Å². The molecule has 0 radical (unpaired) electrons. The topological polar surface area (TPSA) is 25.8 Å². The number of halogens is 4. The molecule has 3 rings (SSSR count). The number of hydrogen-bond acceptors (Lipinski definition) is 2. The Balaban J connectivity index is 1.94. The van der Waals surface area contributed by atoms with Crippen molar-refractivity contribution in [2.24, 2.45) is 0 Å². The van der Waals surface area contributed by atoms with Gasteiger partial charge in [0.25, 0.3) is 0 Å². The molecule has 104 valence electrons. The number of benzene rings is 1. The van der Waals surface area contributed by atoms with E-state index in [9.17, 15) is 4.39 Å². The minimum Gasteiger partial charge on any atom is -0.236 e. The van der Waals surface area contributed by atoms with E-state index in [1.165, 1.54) is 12.1 Å². The van der Waals surface area contributed by atoms with E-state index in [1.54, 1.807) is 6.07 Å². The molecule has 2 aromatic rings. The van der Waals surface area contributed by atoms with Gasteiger partial charge in [-0.1, -0.05) is 29.3 Å². The summed E-state index contributed by atoms with van der Waals surface area (Å²) in [7, 11) is 0. The van der Waals surface area contributed by atoms with Crippen LogP contribution in [0.4, 0.5) is 4.39 Å². The second-order valence-electron chi connectivity index (χ2n) is 4.82. The van der Waals surface area contributed by atoms with Crippen LogP contribution in [0.1, 0.15) is 35.8 Å². The van der Waals surface area contributed by atoms with Gasteiger partial charge in [0.15, 0.2) is 0 Å². The van der Waals surface area contributed by atoms with Gasteiger partial charge in [0.1, 0.15) is 16.8 Å². The smallest absolute Gasteiger partial charge is 0.146 e. The minimum absolute atomic E-state index is 0.348. The normalized spacial score (nSPS) is 14.6. The molecular formula is C14H10Cl2FIN2. The summed E-state index contributed by atoms with van der Waals surface area (Å²) in [6, 6.07) is 4.34. The Labute approximate surface area is 139 Å². The van der Waals surface area contributed by atoms with Crippen molar-refractivity contribution in [2.75, 3.05) is 0 Å². The van der Waals surface area contributed by atoms with Gasteiger partial charge in [-0.3, -0.25) is 0 Å². The summed E-state index contributed by atoms with van der Waals surface area (Å²) in [5.41, 5.74) is 1.82. The first-order valence-corrected chi connectivity index (χ1v) is 8.04. The fourth-order valence-corrected chi connectivity index (χ4v) is 3.13. The van der Waals surface area contributed by atoms with Crippen LogP contribution < -0.4 is 0 Å². The predicted molar refractivity (Wildman–Crippen MR) is 86.0 cm³/mol. The van der Waals surface area contributed by atoms with Crippen molar-refractivity contribution in [3.05, 3.63) is 54.8 Å². The average molecular weight is 423 g/mol. The van der Waals surface area contributed by atoms with E-state index in [0.29, 0.717) is 28.3 Å². The summed E-state index contributed by atoms with van der Waals surface area (Å²) < 4.78 is 14.0. The molecule has 1 aliphatic rings. The van der Waals surface area contributed by atoms with Crippen molar-refractivity contribution >= 4 is 45.8 Å². The Hall–Kier alpha value is -0.460. The largest absolute Gasteiger partial charge is 0.236 e. The molecule has 0 amide bonds. The Morgan fingerprint density at radius 3 is 2.65 bits per heavy atom. The zero-order valence-electron chi connectivity index (χ0n) is 10.3. The van der Waals surface area contributed by atoms with E-state index in [0.717, 1.165) is 27.7 Å². The van der Waals surface area contributed by atoms with Gasteiger partial charge in [0, 0.05) is 17.4 Å². The Morgan fingerprint density at radius 2 is 2.00 bits per heavy atom. The number of rotatable bonds is 3.